The van der Waals surface area contributed by atoms with Crippen molar-refractivity contribution in [1.29, 1.82) is 0 Å². The van der Waals surface area contributed by atoms with E-state index in [1.807, 2.05) is 6.07 Å². The molecule has 2 rings (SSSR count). The number of benzene rings is 1. The van der Waals surface area contributed by atoms with Crippen LogP contribution in [-0.2, 0) is 4.74 Å². The molecular formula is C13H19NO. The smallest absolute Gasteiger partial charge is 0.0801 e. The molecule has 2 nitrogen and oxygen atoms in total. The normalized spacial score (nSPS) is 23.7. The van der Waals surface area contributed by atoms with E-state index in [2.05, 4.69) is 36.5 Å². The summed E-state index contributed by atoms with van der Waals surface area (Å²) in [5, 5.41) is 3.37. The van der Waals surface area contributed by atoms with E-state index in [1.54, 1.807) is 0 Å². The van der Waals surface area contributed by atoms with E-state index in [-0.39, 0.29) is 6.10 Å². The summed E-state index contributed by atoms with van der Waals surface area (Å²) in [6.07, 6.45) is 3.00. The lowest BCUT2D eigenvalue weighted by molar-refractivity contribution is -0.0149. The lowest BCUT2D eigenvalue weighted by Crippen LogP contribution is -2.35. The molecule has 0 bridgehead atoms. The van der Waals surface area contributed by atoms with E-state index in [1.165, 1.54) is 18.4 Å². The Labute approximate surface area is 91.6 Å². The van der Waals surface area contributed by atoms with Crippen molar-refractivity contribution in [3.8, 4) is 0 Å². The first kappa shape index (κ1) is 10.7. The number of hydrogen-bond donors (Lipinski definition) is 1. The quantitative estimate of drug-likeness (QED) is 0.818. The van der Waals surface area contributed by atoms with Crippen LogP contribution in [0.1, 0.15) is 31.4 Å². The lowest BCUT2D eigenvalue weighted by Gasteiger charge is -2.26. The van der Waals surface area contributed by atoms with Gasteiger partial charge < -0.3 is 10.1 Å². The largest absolute Gasteiger partial charge is 0.369 e. The maximum atomic E-state index is 6.01. The summed E-state index contributed by atoms with van der Waals surface area (Å²) in [6.45, 7) is 4.26. The van der Waals surface area contributed by atoms with Crippen molar-refractivity contribution < 1.29 is 4.74 Å². The molecule has 0 radical (unpaired) electrons. The Balaban J connectivity index is 1.88. The number of piperidine rings is 1. The van der Waals surface area contributed by atoms with Gasteiger partial charge >= 0.3 is 0 Å². The third-order valence-electron chi connectivity index (χ3n) is 2.92. The summed E-state index contributed by atoms with van der Waals surface area (Å²) in [4.78, 5) is 0. The highest BCUT2D eigenvalue weighted by Gasteiger charge is 2.16. The van der Waals surface area contributed by atoms with Crippen molar-refractivity contribution in [3.05, 3.63) is 35.9 Å². The van der Waals surface area contributed by atoms with Crippen LogP contribution in [0.25, 0.3) is 0 Å². The van der Waals surface area contributed by atoms with Crippen LogP contribution in [0, 0.1) is 0 Å². The zero-order valence-corrected chi connectivity index (χ0v) is 9.28. The van der Waals surface area contributed by atoms with Crippen molar-refractivity contribution in [2.75, 3.05) is 13.1 Å². The Bertz CT molecular complexity index is 280. The topological polar surface area (TPSA) is 21.3 Å². The van der Waals surface area contributed by atoms with Crippen molar-refractivity contribution in [2.24, 2.45) is 0 Å². The third kappa shape index (κ3) is 3.05. The Hall–Kier alpha value is -0.860. The predicted molar refractivity (Wildman–Crippen MR) is 61.8 cm³/mol. The SMILES string of the molecule is CC(O[C@H]1CCCNC1)c1ccccc1. The Morgan fingerprint density at radius 1 is 1.33 bits per heavy atom. The van der Waals surface area contributed by atoms with Crippen LogP contribution in [0.4, 0.5) is 0 Å². The highest BCUT2D eigenvalue weighted by Crippen LogP contribution is 2.20. The summed E-state index contributed by atoms with van der Waals surface area (Å²) in [5.74, 6) is 0. The van der Waals surface area contributed by atoms with Crippen LogP contribution < -0.4 is 5.32 Å². The molecule has 0 aliphatic carbocycles. The summed E-state index contributed by atoms with van der Waals surface area (Å²) in [7, 11) is 0. The molecule has 1 fully saturated rings. The summed E-state index contributed by atoms with van der Waals surface area (Å²) < 4.78 is 6.01. The van der Waals surface area contributed by atoms with Gasteiger partial charge in [0.1, 0.15) is 0 Å². The molecule has 1 heterocycles. The molecule has 1 aromatic carbocycles. The number of nitrogens with one attached hydrogen (secondary N) is 1. The minimum Gasteiger partial charge on any atom is -0.369 e. The minimum atomic E-state index is 0.205. The second-order valence-corrected chi connectivity index (χ2v) is 4.16. The van der Waals surface area contributed by atoms with Gasteiger partial charge in [0.2, 0.25) is 0 Å². The standard InChI is InChI=1S/C13H19NO/c1-11(12-6-3-2-4-7-12)15-13-8-5-9-14-10-13/h2-4,6-7,11,13-14H,5,8-10H2,1H3/t11?,13-/m0/s1. The van der Waals surface area contributed by atoms with Gasteiger partial charge in [-0.15, -0.1) is 0 Å². The molecule has 1 aliphatic heterocycles. The molecule has 1 unspecified atom stereocenters. The van der Waals surface area contributed by atoms with E-state index >= 15 is 0 Å². The molecule has 0 aromatic heterocycles. The Kier molecular flexibility index (Phi) is 3.75. The van der Waals surface area contributed by atoms with Crippen LogP contribution in [0.3, 0.4) is 0 Å². The molecule has 1 aromatic rings. The molecule has 82 valence electrons. The summed E-state index contributed by atoms with van der Waals surface area (Å²) in [6, 6.07) is 10.4. The fourth-order valence-corrected chi connectivity index (χ4v) is 2.03. The van der Waals surface area contributed by atoms with Gasteiger partial charge in [0.15, 0.2) is 0 Å². The van der Waals surface area contributed by atoms with Gasteiger partial charge in [-0.2, -0.15) is 0 Å². The predicted octanol–water partition coefficient (Wildman–Crippen LogP) is 2.52. The van der Waals surface area contributed by atoms with Gasteiger partial charge in [-0.05, 0) is 31.9 Å². The molecule has 1 saturated heterocycles. The molecule has 2 heteroatoms. The molecule has 2 atom stereocenters. The number of hydrogen-bond acceptors (Lipinski definition) is 2. The van der Waals surface area contributed by atoms with Crippen LogP contribution in [-0.4, -0.2) is 19.2 Å². The highest BCUT2D eigenvalue weighted by atomic mass is 16.5. The van der Waals surface area contributed by atoms with Gasteiger partial charge in [-0.25, -0.2) is 0 Å². The van der Waals surface area contributed by atoms with Gasteiger partial charge in [0.25, 0.3) is 0 Å². The van der Waals surface area contributed by atoms with Crippen molar-refractivity contribution in [2.45, 2.75) is 32.0 Å². The maximum Gasteiger partial charge on any atom is 0.0801 e. The van der Waals surface area contributed by atoms with Gasteiger partial charge in [0, 0.05) is 6.54 Å². The number of ether oxygens (including phenoxy) is 1. The molecule has 0 saturated carbocycles. The fraction of sp³-hybridized carbons (Fsp3) is 0.538. The van der Waals surface area contributed by atoms with E-state index in [0.717, 1.165) is 13.1 Å². The second kappa shape index (κ2) is 5.29. The average molecular weight is 205 g/mol. The van der Waals surface area contributed by atoms with Gasteiger partial charge in [-0.3, -0.25) is 0 Å². The van der Waals surface area contributed by atoms with E-state index in [9.17, 15) is 0 Å². The summed E-state index contributed by atoms with van der Waals surface area (Å²) >= 11 is 0. The molecule has 1 N–H and O–H groups in total. The van der Waals surface area contributed by atoms with Gasteiger partial charge in [-0.1, -0.05) is 30.3 Å². The average Bonchev–Trinajstić information content (AvgIpc) is 2.31. The highest BCUT2D eigenvalue weighted by molar-refractivity contribution is 5.16. The fourth-order valence-electron chi connectivity index (χ4n) is 2.03. The molecule has 1 aliphatic rings. The first-order chi connectivity index (χ1) is 7.36. The van der Waals surface area contributed by atoms with Gasteiger partial charge in [0.05, 0.1) is 12.2 Å². The third-order valence-corrected chi connectivity index (χ3v) is 2.92. The van der Waals surface area contributed by atoms with Crippen LogP contribution in [0.5, 0.6) is 0 Å². The van der Waals surface area contributed by atoms with E-state index < -0.39 is 0 Å². The van der Waals surface area contributed by atoms with Crippen LogP contribution in [0.15, 0.2) is 30.3 Å². The lowest BCUT2D eigenvalue weighted by atomic mass is 10.1. The first-order valence-electron chi connectivity index (χ1n) is 5.77. The first-order valence-corrected chi connectivity index (χ1v) is 5.77. The molecule has 0 spiro atoms. The second-order valence-electron chi connectivity index (χ2n) is 4.16. The number of rotatable bonds is 3. The van der Waals surface area contributed by atoms with E-state index in [0.29, 0.717) is 6.10 Å². The van der Waals surface area contributed by atoms with E-state index in [4.69, 9.17) is 4.74 Å². The van der Waals surface area contributed by atoms with Crippen LogP contribution >= 0.6 is 0 Å². The molecule has 15 heavy (non-hydrogen) atoms. The maximum absolute atomic E-state index is 6.01. The molecule has 0 amide bonds. The Morgan fingerprint density at radius 3 is 2.80 bits per heavy atom. The van der Waals surface area contributed by atoms with Crippen molar-refractivity contribution in [3.63, 3.8) is 0 Å². The summed E-state index contributed by atoms with van der Waals surface area (Å²) in [5.41, 5.74) is 1.27. The zero-order chi connectivity index (χ0) is 10.5. The minimum absolute atomic E-state index is 0.205. The molecular weight excluding hydrogens is 186 g/mol. The zero-order valence-electron chi connectivity index (χ0n) is 9.28. The van der Waals surface area contributed by atoms with Crippen LogP contribution in [0.2, 0.25) is 0 Å². The monoisotopic (exact) mass is 205 g/mol. The Morgan fingerprint density at radius 2 is 2.13 bits per heavy atom. The van der Waals surface area contributed by atoms with Crippen molar-refractivity contribution >= 4 is 0 Å². The van der Waals surface area contributed by atoms with Crippen molar-refractivity contribution in [1.82, 2.24) is 5.32 Å².